The summed E-state index contributed by atoms with van der Waals surface area (Å²) in [6.07, 6.45) is 0.988. The highest BCUT2D eigenvalue weighted by Crippen LogP contribution is 2.23. The van der Waals surface area contributed by atoms with Gasteiger partial charge < -0.3 is 0 Å². The van der Waals surface area contributed by atoms with Crippen LogP contribution in [-0.4, -0.2) is 22.0 Å². The Bertz CT molecular complexity index is 520. The summed E-state index contributed by atoms with van der Waals surface area (Å²) in [5.74, 6) is 2.10. The number of thiol groups is 2. The van der Waals surface area contributed by atoms with E-state index in [2.05, 4.69) is 87.6 Å². The number of hydrogen-bond acceptors (Lipinski definition) is 4. The first kappa shape index (κ1) is 19.2. The Balaban J connectivity index is 1.88. The maximum atomic E-state index is 4.42. The molecule has 0 aromatic heterocycles. The summed E-state index contributed by atoms with van der Waals surface area (Å²) < 4.78 is 0. The summed E-state index contributed by atoms with van der Waals surface area (Å²) in [6, 6.07) is 17.8. The second-order valence-electron chi connectivity index (χ2n) is 5.78. The standard InChI is InChI=1S/C19H24S4/c1-14(20)12-22-18-7-3-16(4-8-18)11-17-5-9-19(10-6-17)23-13-15(2)21/h3-10,14-15,20-21H,11-13H2,1-2H3. The Labute approximate surface area is 160 Å². The van der Waals surface area contributed by atoms with Gasteiger partial charge in [0.05, 0.1) is 0 Å². The van der Waals surface area contributed by atoms with E-state index in [4.69, 9.17) is 0 Å². The zero-order chi connectivity index (χ0) is 16.7. The Morgan fingerprint density at radius 2 is 1.04 bits per heavy atom. The van der Waals surface area contributed by atoms with Crippen LogP contribution in [-0.2, 0) is 6.42 Å². The lowest BCUT2D eigenvalue weighted by Crippen LogP contribution is -1.94. The van der Waals surface area contributed by atoms with E-state index in [9.17, 15) is 0 Å². The van der Waals surface area contributed by atoms with E-state index >= 15 is 0 Å². The molecule has 0 amide bonds. The summed E-state index contributed by atoms with van der Waals surface area (Å²) in [7, 11) is 0. The molecule has 0 saturated carbocycles. The van der Waals surface area contributed by atoms with Crippen LogP contribution in [0.3, 0.4) is 0 Å². The molecule has 4 heteroatoms. The fourth-order valence-electron chi connectivity index (χ4n) is 2.08. The minimum Gasteiger partial charge on any atom is -0.175 e. The molecule has 0 bridgehead atoms. The first-order valence-corrected chi connectivity index (χ1v) is 10.8. The summed E-state index contributed by atoms with van der Waals surface area (Å²) in [5, 5.41) is 0.864. The first-order valence-electron chi connectivity index (χ1n) is 7.82. The van der Waals surface area contributed by atoms with Crippen LogP contribution in [0.2, 0.25) is 0 Å². The van der Waals surface area contributed by atoms with Crippen LogP contribution in [0.1, 0.15) is 25.0 Å². The molecule has 2 aromatic rings. The largest absolute Gasteiger partial charge is 0.175 e. The fourth-order valence-corrected chi connectivity index (χ4v) is 4.05. The lowest BCUT2D eigenvalue weighted by atomic mass is 10.1. The van der Waals surface area contributed by atoms with E-state index in [1.54, 1.807) is 0 Å². The Morgan fingerprint density at radius 3 is 1.35 bits per heavy atom. The minimum absolute atomic E-state index is 0.432. The van der Waals surface area contributed by atoms with Crippen molar-refractivity contribution in [1.29, 1.82) is 0 Å². The van der Waals surface area contributed by atoms with E-state index in [0.29, 0.717) is 10.5 Å². The van der Waals surface area contributed by atoms with Crippen molar-refractivity contribution in [1.82, 2.24) is 0 Å². The highest BCUT2D eigenvalue weighted by atomic mass is 32.2. The summed E-state index contributed by atoms with van der Waals surface area (Å²) in [5.41, 5.74) is 2.72. The molecule has 0 N–H and O–H groups in total. The Morgan fingerprint density at radius 1 is 0.696 bits per heavy atom. The van der Waals surface area contributed by atoms with Gasteiger partial charge in [0, 0.05) is 31.8 Å². The maximum absolute atomic E-state index is 4.42. The quantitative estimate of drug-likeness (QED) is 0.419. The van der Waals surface area contributed by atoms with Crippen LogP contribution in [0.4, 0.5) is 0 Å². The monoisotopic (exact) mass is 380 g/mol. The van der Waals surface area contributed by atoms with E-state index in [1.165, 1.54) is 20.9 Å². The van der Waals surface area contributed by atoms with Crippen molar-refractivity contribution in [2.24, 2.45) is 0 Å². The molecule has 2 atom stereocenters. The smallest absolute Gasteiger partial charge is 0.00943 e. The van der Waals surface area contributed by atoms with Crippen LogP contribution >= 0.6 is 48.8 Å². The Kier molecular flexibility index (Phi) is 8.31. The highest BCUT2D eigenvalue weighted by molar-refractivity contribution is 8.00. The SMILES string of the molecule is CC(S)CSc1ccc(Cc2ccc(SCC(C)S)cc2)cc1. The van der Waals surface area contributed by atoms with Gasteiger partial charge in [-0.2, -0.15) is 25.3 Å². The molecule has 2 rings (SSSR count). The van der Waals surface area contributed by atoms with Crippen LogP contribution in [0.5, 0.6) is 0 Å². The van der Waals surface area contributed by atoms with Crippen LogP contribution in [0.25, 0.3) is 0 Å². The fraction of sp³-hybridized carbons (Fsp3) is 0.368. The molecule has 0 saturated heterocycles. The second-order valence-corrected chi connectivity index (χ2v) is 9.73. The van der Waals surface area contributed by atoms with E-state index < -0.39 is 0 Å². The number of hydrogen-bond donors (Lipinski definition) is 2. The molecule has 0 nitrogen and oxygen atoms in total. The lowest BCUT2D eigenvalue weighted by Gasteiger charge is -2.07. The molecule has 124 valence electrons. The van der Waals surface area contributed by atoms with Crippen molar-refractivity contribution in [3.05, 3.63) is 59.7 Å². The molecule has 0 radical (unpaired) electrons. The molecule has 2 aromatic carbocycles. The van der Waals surface area contributed by atoms with Gasteiger partial charge in [-0.3, -0.25) is 0 Å². The van der Waals surface area contributed by atoms with Gasteiger partial charge >= 0.3 is 0 Å². The van der Waals surface area contributed by atoms with Crippen molar-refractivity contribution in [3.63, 3.8) is 0 Å². The number of rotatable bonds is 8. The number of benzene rings is 2. The average Bonchev–Trinajstić information content (AvgIpc) is 2.53. The van der Waals surface area contributed by atoms with Crippen molar-refractivity contribution in [2.75, 3.05) is 11.5 Å². The molecule has 0 heterocycles. The van der Waals surface area contributed by atoms with Gasteiger partial charge in [0.2, 0.25) is 0 Å². The summed E-state index contributed by atoms with van der Waals surface area (Å²) >= 11 is 12.6. The van der Waals surface area contributed by atoms with Gasteiger partial charge in [-0.05, 0) is 41.8 Å². The molecule has 0 aliphatic rings. The number of thioether (sulfide) groups is 2. The molecule has 0 aliphatic carbocycles. The van der Waals surface area contributed by atoms with Gasteiger partial charge in [-0.25, -0.2) is 0 Å². The molecular weight excluding hydrogens is 356 g/mol. The molecule has 2 unspecified atom stereocenters. The highest BCUT2D eigenvalue weighted by Gasteiger charge is 2.02. The maximum Gasteiger partial charge on any atom is 0.00943 e. The molecular formula is C19H24S4. The molecule has 23 heavy (non-hydrogen) atoms. The van der Waals surface area contributed by atoms with Gasteiger partial charge in [0.15, 0.2) is 0 Å². The summed E-state index contributed by atoms with van der Waals surface area (Å²) in [6.45, 7) is 4.26. The molecule has 0 fully saturated rings. The molecule has 0 spiro atoms. The third kappa shape index (κ3) is 7.51. The van der Waals surface area contributed by atoms with Crippen molar-refractivity contribution in [3.8, 4) is 0 Å². The third-order valence-electron chi connectivity index (χ3n) is 3.24. The van der Waals surface area contributed by atoms with Crippen molar-refractivity contribution in [2.45, 2.75) is 40.6 Å². The predicted octanol–water partition coefficient (Wildman–Crippen LogP) is 6.10. The van der Waals surface area contributed by atoms with Crippen molar-refractivity contribution >= 4 is 48.8 Å². The first-order chi connectivity index (χ1) is 11.0. The van der Waals surface area contributed by atoms with Crippen molar-refractivity contribution < 1.29 is 0 Å². The van der Waals surface area contributed by atoms with E-state index in [-0.39, 0.29) is 0 Å². The van der Waals surface area contributed by atoms with Crippen LogP contribution < -0.4 is 0 Å². The van der Waals surface area contributed by atoms with Crippen LogP contribution in [0, 0.1) is 0 Å². The molecule has 0 aliphatic heterocycles. The zero-order valence-electron chi connectivity index (χ0n) is 13.6. The third-order valence-corrected chi connectivity index (χ3v) is 6.64. The second kappa shape index (κ2) is 9.97. The lowest BCUT2D eigenvalue weighted by molar-refractivity contribution is 1.13. The van der Waals surface area contributed by atoms with Gasteiger partial charge in [-0.1, -0.05) is 38.1 Å². The minimum atomic E-state index is 0.432. The average molecular weight is 381 g/mol. The van der Waals surface area contributed by atoms with Gasteiger partial charge in [-0.15, -0.1) is 23.5 Å². The zero-order valence-corrected chi connectivity index (χ0v) is 17.0. The predicted molar refractivity (Wildman–Crippen MR) is 114 cm³/mol. The van der Waals surface area contributed by atoms with Gasteiger partial charge in [0.25, 0.3) is 0 Å². The summed E-state index contributed by atoms with van der Waals surface area (Å²) in [4.78, 5) is 2.64. The Hall–Kier alpha value is -0.160. The van der Waals surface area contributed by atoms with E-state index in [1.807, 2.05) is 23.5 Å². The van der Waals surface area contributed by atoms with Gasteiger partial charge in [0.1, 0.15) is 0 Å². The van der Waals surface area contributed by atoms with E-state index in [0.717, 1.165) is 17.9 Å². The van der Waals surface area contributed by atoms with Crippen LogP contribution in [0.15, 0.2) is 58.3 Å². The topological polar surface area (TPSA) is 0 Å². The normalized spacial score (nSPS) is 13.7.